The van der Waals surface area contributed by atoms with Crippen LogP contribution in [0.1, 0.15) is 19.8 Å². The number of hydrogen-bond acceptors (Lipinski definition) is 8. The number of hydrogen-bond donors (Lipinski definition) is 7. The highest BCUT2D eigenvalue weighted by atomic mass is 16.5. The van der Waals surface area contributed by atoms with Crippen LogP contribution in [0.15, 0.2) is 0 Å². The Morgan fingerprint density at radius 3 is 2.35 bits per heavy atom. The SMILES string of the molecule is CC(=O)N[C@@H]1[C@@H](O)[C@H](O)[C@@H](CO)O[C@H]1NNC(=O)CCC(N)=O. The fourth-order valence-corrected chi connectivity index (χ4v) is 2.09. The maximum Gasteiger partial charge on any atom is 0.234 e. The fraction of sp³-hybridized carbons (Fsp3) is 0.750. The molecule has 5 atom stereocenters. The van der Waals surface area contributed by atoms with E-state index in [1.807, 2.05) is 0 Å². The number of primary amides is 1. The van der Waals surface area contributed by atoms with Gasteiger partial charge >= 0.3 is 0 Å². The van der Waals surface area contributed by atoms with Crippen LogP contribution in [-0.2, 0) is 19.1 Å². The minimum Gasteiger partial charge on any atom is -0.394 e. The molecule has 1 saturated heterocycles. The minimum absolute atomic E-state index is 0.144. The highest BCUT2D eigenvalue weighted by molar-refractivity contribution is 5.82. The van der Waals surface area contributed by atoms with Crippen molar-refractivity contribution in [3.63, 3.8) is 0 Å². The molecule has 1 rings (SSSR count). The predicted octanol–water partition coefficient (Wildman–Crippen LogP) is -4.18. The molecule has 0 aromatic heterocycles. The molecule has 11 heteroatoms. The van der Waals surface area contributed by atoms with Crippen molar-refractivity contribution < 1.29 is 34.4 Å². The molecule has 23 heavy (non-hydrogen) atoms. The number of aliphatic hydroxyl groups is 3. The van der Waals surface area contributed by atoms with E-state index in [9.17, 15) is 24.6 Å². The van der Waals surface area contributed by atoms with Crippen LogP contribution in [0.25, 0.3) is 0 Å². The molecule has 1 fully saturated rings. The van der Waals surface area contributed by atoms with Gasteiger partial charge in [0.1, 0.15) is 24.5 Å². The van der Waals surface area contributed by atoms with Gasteiger partial charge in [-0.05, 0) is 0 Å². The number of aliphatic hydroxyl groups excluding tert-OH is 3. The molecule has 0 aromatic carbocycles. The largest absolute Gasteiger partial charge is 0.394 e. The maximum atomic E-state index is 11.5. The quantitative estimate of drug-likeness (QED) is 0.229. The second-order valence-electron chi connectivity index (χ2n) is 5.14. The van der Waals surface area contributed by atoms with Crippen LogP contribution >= 0.6 is 0 Å². The average molecular weight is 334 g/mol. The monoisotopic (exact) mass is 334 g/mol. The van der Waals surface area contributed by atoms with Gasteiger partial charge in [0.15, 0.2) is 0 Å². The first-order valence-electron chi connectivity index (χ1n) is 6.98. The van der Waals surface area contributed by atoms with E-state index in [1.165, 1.54) is 6.92 Å². The number of carbonyl (C=O) groups excluding carboxylic acids is 3. The van der Waals surface area contributed by atoms with E-state index in [0.29, 0.717) is 0 Å². The van der Waals surface area contributed by atoms with E-state index >= 15 is 0 Å². The number of hydrazine groups is 1. The molecule has 0 spiro atoms. The van der Waals surface area contributed by atoms with Crippen LogP contribution in [-0.4, -0.2) is 70.2 Å². The van der Waals surface area contributed by atoms with Crippen molar-refractivity contribution in [1.82, 2.24) is 16.2 Å². The Kier molecular flexibility index (Phi) is 7.32. The lowest BCUT2D eigenvalue weighted by Gasteiger charge is -2.42. The highest BCUT2D eigenvalue weighted by Gasteiger charge is 2.44. The Morgan fingerprint density at radius 2 is 1.83 bits per heavy atom. The molecule has 11 nitrogen and oxygen atoms in total. The molecule has 0 unspecified atom stereocenters. The molecule has 3 amide bonds. The number of rotatable bonds is 7. The molecule has 1 aliphatic rings. The topological polar surface area (TPSA) is 183 Å². The number of nitrogens with one attached hydrogen (secondary N) is 3. The molecule has 0 saturated carbocycles. The van der Waals surface area contributed by atoms with Gasteiger partial charge in [-0.15, -0.1) is 0 Å². The first-order chi connectivity index (χ1) is 10.8. The lowest BCUT2D eigenvalue weighted by molar-refractivity contribution is -0.205. The van der Waals surface area contributed by atoms with Crippen LogP contribution in [0.5, 0.6) is 0 Å². The Morgan fingerprint density at radius 1 is 1.17 bits per heavy atom. The molecule has 0 aliphatic carbocycles. The van der Waals surface area contributed by atoms with E-state index in [-0.39, 0.29) is 12.8 Å². The molecule has 1 heterocycles. The number of amides is 3. The lowest BCUT2D eigenvalue weighted by atomic mass is 9.96. The van der Waals surface area contributed by atoms with Crippen LogP contribution in [0.4, 0.5) is 0 Å². The first kappa shape index (κ1) is 19.3. The summed E-state index contributed by atoms with van der Waals surface area (Å²) in [5.41, 5.74) is 9.61. The van der Waals surface area contributed by atoms with Crippen molar-refractivity contribution in [3.05, 3.63) is 0 Å². The Labute approximate surface area is 132 Å². The summed E-state index contributed by atoms with van der Waals surface area (Å²) >= 11 is 0. The summed E-state index contributed by atoms with van der Waals surface area (Å²) < 4.78 is 5.32. The van der Waals surface area contributed by atoms with E-state index in [0.717, 1.165) is 0 Å². The zero-order valence-electron chi connectivity index (χ0n) is 12.6. The first-order valence-corrected chi connectivity index (χ1v) is 6.98. The third-order valence-corrected chi connectivity index (χ3v) is 3.25. The van der Waals surface area contributed by atoms with Gasteiger partial charge in [0.25, 0.3) is 0 Å². The summed E-state index contributed by atoms with van der Waals surface area (Å²) in [6.45, 7) is 0.637. The predicted molar refractivity (Wildman–Crippen MR) is 75.1 cm³/mol. The number of carbonyl (C=O) groups is 3. The van der Waals surface area contributed by atoms with E-state index in [1.54, 1.807) is 0 Å². The van der Waals surface area contributed by atoms with E-state index in [4.69, 9.17) is 15.6 Å². The normalized spacial score (nSPS) is 30.5. The van der Waals surface area contributed by atoms with Crippen molar-refractivity contribution in [2.24, 2.45) is 5.73 Å². The summed E-state index contributed by atoms with van der Waals surface area (Å²) in [7, 11) is 0. The van der Waals surface area contributed by atoms with E-state index < -0.39 is 54.9 Å². The lowest BCUT2D eigenvalue weighted by Crippen LogP contribution is -2.69. The van der Waals surface area contributed by atoms with Crippen molar-refractivity contribution in [2.45, 2.75) is 50.3 Å². The van der Waals surface area contributed by atoms with Crippen LogP contribution in [0.2, 0.25) is 0 Å². The minimum atomic E-state index is -1.43. The third kappa shape index (κ3) is 5.73. The van der Waals surface area contributed by atoms with E-state index in [2.05, 4.69) is 16.2 Å². The smallest absolute Gasteiger partial charge is 0.234 e. The standard InChI is InChI=1S/C12H22N4O7/c1-5(18)14-9-11(22)10(21)6(4-17)23-12(9)16-15-8(20)3-2-7(13)19/h6,9-12,16-17,21-22H,2-4H2,1H3,(H2,13,19)(H,14,18)(H,15,20)/t6-,9-,10-,11-,12-/m1/s1. The zero-order chi connectivity index (χ0) is 17.6. The molecule has 132 valence electrons. The zero-order valence-corrected chi connectivity index (χ0v) is 12.6. The van der Waals surface area contributed by atoms with Gasteiger partial charge in [-0.25, -0.2) is 5.43 Å². The van der Waals surface area contributed by atoms with Crippen molar-refractivity contribution in [2.75, 3.05) is 6.61 Å². The number of ether oxygens (including phenoxy) is 1. The van der Waals surface area contributed by atoms with Crippen molar-refractivity contribution in [1.29, 1.82) is 0 Å². The fourth-order valence-electron chi connectivity index (χ4n) is 2.09. The summed E-state index contributed by atoms with van der Waals surface area (Å²) in [5.74, 6) is -1.68. The second kappa shape index (κ2) is 8.74. The second-order valence-corrected chi connectivity index (χ2v) is 5.14. The van der Waals surface area contributed by atoms with Crippen LogP contribution in [0, 0.1) is 0 Å². The van der Waals surface area contributed by atoms with Crippen molar-refractivity contribution >= 4 is 17.7 Å². The highest BCUT2D eigenvalue weighted by Crippen LogP contribution is 2.19. The molecule has 0 radical (unpaired) electrons. The summed E-state index contributed by atoms with van der Waals surface area (Å²) in [6.07, 6.45) is -5.35. The van der Waals surface area contributed by atoms with Gasteiger partial charge in [0.2, 0.25) is 17.7 Å². The van der Waals surface area contributed by atoms with Crippen LogP contribution < -0.4 is 21.9 Å². The van der Waals surface area contributed by atoms with Gasteiger partial charge in [-0.1, -0.05) is 0 Å². The molecule has 0 aromatic rings. The van der Waals surface area contributed by atoms with Gasteiger partial charge in [-0.2, -0.15) is 0 Å². The maximum absolute atomic E-state index is 11.5. The van der Waals surface area contributed by atoms with Gasteiger partial charge < -0.3 is 31.1 Å². The third-order valence-electron chi connectivity index (χ3n) is 3.25. The van der Waals surface area contributed by atoms with Crippen molar-refractivity contribution in [3.8, 4) is 0 Å². The Bertz CT molecular complexity index is 447. The number of nitrogens with two attached hydrogens (primary N) is 1. The average Bonchev–Trinajstić information content (AvgIpc) is 2.48. The summed E-state index contributed by atoms with van der Waals surface area (Å²) in [6, 6.07) is -1.07. The molecule has 1 aliphatic heterocycles. The van der Waals surface area contributed by atoms with Gasteiger partial charge in [0, 0.05) is 19.8 Å². The van der Waals surface area contributed by atoms with Crippen LogP contribution in [0.3, 0.4) is 0 Å². The summed E-state index contributed by atoms with van der Waals surface area (Å²) in [5, 5.41) is 31.4. The molecule has 0 bridgehead atoms. The van der Waals surface area contributed by atoms with Gasteiger partial charge in [0.05, 0.1) is 12.6 Å². The Hall–Kier alpha value is -1.79. The van der Waals surface area contributed by atoms with Gasteiger partial charge in [-0.3, -0.25) is 19.8 Å². The molecular weight excluding hydrogens is 312 g/mol. The Balaban J connectivity index is 2.68. The molecule has 8 N–H and O–H groups in total. The molecular formula is C12H22N4O7. The summed E-state index contributed by atoms with van der Waals surface area (Å²) in [4.78, 5) is 33.3.